The molecule has 0 bridgehead atoms. The molecule has 0 unspecified atom stereocenters. The van der Waals surface area contributed by atoms with E-state index in [4.69, 9.17) is 56.1 Å². The second kappa shape index (κ2) is 52.3. The van der Waals surface area contributed by atoms with Crippen LogP contribution in [0.25, 0.3) is 33.4 Å². The average molecular weight is 1830 g/mol. The van der Waals surface area contributed by atoms with E-state index < -0.39 is 132 Å². The summed E-state index contributed by atoms with van der Waals surface area (Å²) in [6, 6.07) is 18.5. The number of guanidine groups is 2. The van der Waals surface area contributed by atoms with Gasteiger partial charge < -0.3 is 128 Å². The highest BCUT2D eigenvalue weighted by Crippen LogP contribution is 2.43. The zero-order valence-electron chi connectivity index (χ0n) is 73.5. The molecular formula is C88H120N26O16S. The Labute approximate surface area is 761 Å². The number of unbranched alkanes of at least 4 members (excludes halogenated alkanes) is 3. The molecular weight excluding hydrogens is 1710 g/mol. The lowest BCUT2D eigenvalue weighted by Crippen LogP contribution is -2.60. The topological polar surface area (TPSA) is 678 Å². The first kappa shape index (κ1) is 102. The standard InChI is InChI=1S/C88H120N26O16S/c1-50(103-75(119)48-100-74(118)47-101-80(123)66(13-5-8-38-90)108-79(122)52-20-24-53(25-21-52)104-88(131)105-56-28-33-61(64(42-56)85(128)129)76-62-34-31-59(115)44-71(62)130-72-45-60(116)32-35-63(72)76)78(121)107-67(14-6-9-39-97-73(117)36-19-51-17-22-54(23-18-51)112-113-55-26-29-58(30-27-55)114(2)3)82(125)109-69(16-11-41-99-87(94)95)83(126)111-70(43-57-46-96-49-102-57)84(127)110-68(15-10-40-98-86(92)93)81(124)106-65(77(91)120)12-4-7-37-89/h17-18,22-23,26-35,42,44-46,49-50,52-53,65-70,115H,4-16,19-21,24-25,36-41,43,47-48,89-90H2,1-3H3,(H2,91,120)(H,96,102)(H,97,117)(H,100,118)(H,101,123)(H,103,119)(H,106,124)(H,107,121)(H,108,122)(H,109,125)(H,110,127)(H,111,126)(H,128,129)(H4,92,93,98)(H4,94,95,99)(H2,104,105,131)/t50-,52?,53?,65-,66-,67-,68-,69-,70-/m0/s1. The number of aryl methyl sites for hydroxylation is 1. The number of phenolic OH excluding ortho intramolecular Hbond substituents is 1. The number of primary amides is 1. The molecule has 0 saturated heterocycles. The fraction of sp³-hybridized carbons (Fsp3) is 0.443. The molecule has 1 aliphatic heterocycles. The molecule has 0 spiro atoms. The van der Waals surface area contributed by atoms with E-state index in [1.165, 1.54) is 49.8 Å². The fourth-order valence-electron chi connectivity index (χ4n) is 14.5. The monoisotopic (exact) mass is 1830 g/mol. The van der Waals surface area contributed by atoms with Crippen LogP contribution in [0.1, 0.15) is 144 Å². The molecule has 43 heteroatoms. The smallest absolute Gasteiger partial charge is 0.336 e. The number of carboxylic acid groups (broad SMARTS) is 1. The number of hydrogen-bond acceptors (Lipinski definition) is 24. The lowest BCUT2D eigenvalue weighted by Gasteiger charge is -2.30. The number of aromatic amines is 1. The number of amides is 11. The summed E-state index contributed by atoms with van der Waals surface area (Å²) >= 11 is 5.68. The molecule has 2 aliphatic carbocycles. The van der Waals surface area contributed by atoms with Crippen molar-refractivity contribution in [2.45, 2.75) is 184 Å². The Bertz CT molecular complexity index is 5160. The minimum atomic E-state index is -1.51. The molecule has 29 N–H and O–H groups in total. The van der Waals surface area contributed by atoms with Crippen molar-refractivity contribution in [3.8, 4) is 28.2 Å². The normalized spacial score (nSPS) is 14.5. The number of fused-ring (bicyclic) bond motifs is 2. The predicted molar refractivity (Wildman–Crippen MR) is 496 cm³/mol. The first-order valence-electron chi connectivity index (χ1n) is 43.4. The molecule has 1 aromatic heterocycles. The number of hydrogen-bond donors (Lipinski definition) is 24. The number of nitrogens with zero attached hydrogens (tertiary/aromatic N) is 4. The van der Waals surface area contributed by atoms with Crippen LogP contribution in [0.15, 0.2) is 135 Å². The van der Waals surface area contributed by atoms with Crippen LogP contribution in [0.3, 0.4) is 0 Å². The van der Waals surface area contributed by atoms with Crippen LogP contribution in [0.4, 0.5) is 22.7 Å². The van der Waals surface area contributed by atoms with E-state index in [0.717, 1.165) is 11.3 Å². The van der Waals surface area contributed by atoms with Gasteiger partial charge in [0.05, 0.1) is 42.0 Å². The van der Waals surface area contributed by atoms with Crippen molar-refractivity contribution in [3.05, 3.63) is 143 Å². The third-order valence-electron chi connectivity index (χ3n) is 21.7. The number of rotatable bonds is 52. The van der Waals surface area contributed by atoms with E-state index in [9.17, 15) is 72.5 Å². The van der Waals surface area contributed by atoms with Gasteiger partial charge in [-0.1, -0.05) is 18.2 Å². The van der Waals surface area contributed by atoms with Gasteiger partial charge in [0.15, 0.2) is 22.5 Å². The maximum atomic E-state index is 14.8. The molecule has 7 atom stereocenters. The molecule has 1 fully saturated rings. The Morgan fingerprint density at radius 1 is 0.573 bits per heavy atom. The number of aromatic carboxylic acids is 1. The zero-order valence-corrected chi connectivity index (χ0v) is 74.3. The molecule has 8 rings (SSSR count). The van der Waals surface area contributed by atoms with Gasteiger partial charge in [0.25, 0.3) is 0 Å². The maximum absolute atomic E-state index is 14.8. The van der Waals surface area contributed by atoms with Crippen molar-refractivity contribution in [2.75, 3.05) is 70.1 Å². The van der Waals surface area contributed by atoms with Crippen LogP contribution in [0, 0.1) is 16.7 Å². The molecule has 11 amide bonds. The molecule has 1 saturated carbocycles. The molecule has 0 radical (unpaired) electrons. The van der Waals surface area contributed by atoms with Gasteiger partial charge in [0, 0.05) is 105 Å². The number of carbonyl (C=O) groups is 12. The number of azo groups is 1. The Morgan fingerprint density at radius 2 is 1.11 bits per heavy atom. The minimum absolute atomic E-state index is 0.0277. The van der Waals surface area contributed by atoms with Crippen molar-refractivity contribution in [3.63, 3.8) is 0 Å². The highest BCUT2D eigenvalue weighted by Gasteiger charge is 2.36. The molecule has 704 valence electrons. The first-order valence-corrected chi connectivity index (χ1v) is 43.8. The van der Waals surface area contributed by atoms with Crippen LogP contribution < -0.4 is 113 Å². The van der Waals surface area contributed by atoms with Gasteiger partial charge in [-0.25, -0.2) is 9.78 Å². The van der Waals surface area contributed by atoms with Crippen LogP contribution in [-0.2, 0) is 65.6 Å². The highest BCUT2D eigenvalue weighted by molar-refractivity contribution is 7.80. The first-order chi connectivity index (χ1) is 62.7. The second-order valence-electron chi connectivity index (χ2n) is 32.0. The van der Waals surface area contributed by atoms with Gasteiger partial charge in [-0.2, -0.15) is 10.2 Å². The van der Waals surface area contributed by atoms with E-state index in [2.05, 4.69) is 94.6 Å². The third kappa shape index (κ3) is 34.1. The van der Waals surface area contributed by atoms with E-state index in [0.29, 0.717) is 110 Å². The predicted octanol–water partition coefficient (Wildman–Crippen LogP) is 2.10. The summed E-state index contributed by atoms with van der Waals surface area (Å²) in [5, 5.41) is 83.5. The Hall–Kier alpha value is -14.2. The van der Waals surface area contributed by atoms with E-state index >= 15 is 0 Å². The third-order valence-corrected chi connectivity index (χ3v) is 21.9. The van der Waals surface area contributed by atoms with E-state index in [1.54, 1.807) is 36.4 Å². The molecule has 4 aromatic carbocycles. The zero-order chi connectivity index (χ0) is 95.1. The molecule has 5 aromatic rings. The number of H-pyrrole nitrogens is 1. The molecule has 42 nitrogen and oxygen atoms in total. The number of phenols is 1. The van der Waals surface area contributed by atoms with Crippen molar-refractivity contribution in [1.29, 1.82) is 10.8 Å². The summed E-state index contributed by atoms with van der Waals surface area (Å²) in [6.45, 7) is 0.861. The number of carbonyl (C=O) groups excluding carboxylic acids is 11. The lowest BCUT2D eigenvalue weighted by molar-refractivity contribution is -0.135. The maximum Gasteiger partial charge on any atom is 0.336 e. The van der Waals surface area contributed by atoms with Crippen molar-refractivity contribution >= 4 is 134 Å². The summed E-state index contributed by atoms with van der Waals surface area (Å²) in [6.07, 6.45) is 7.39. The minimum Gasteiger partial charge on any atom is -0.508 e. The van der Waals surface area contributed by atoms with Crippen LogP contribution >= 0.6 is 12.2 Å². The number of imidazole rings is 1. The number of anilines is 2. The van der Waals surface area contributed by atoms with Gasteiger partial charge >= 0.3 is 5.97 Å². The molecule has 3 aliphatic rings. The Kier molecular flexibility index (Phi) is 40.8. The summed E-state index contributed by atoms with van der Waals surface area (Å²) < 4.78 is 5.96. The van der Waals surface area contributed by atoms with Gasteiger partial charge in [-0.15, -0.1) is 0 Å². The Balaban J connectivity index is 0.874. The number of aromatic hydroxyl groups is 1. The van der Waals surface area contributed by atoms with Gasteiger partial charge in [-0.3, -0.25) is 68.4 Å². The largest absolute Gasteiger partial charge is 0.508 e. The average Bonchev–Trinajstić information content (AvgIpc) is 0.751. The molecule has 131 heavy (non-hydrogen) atoms. The highest BCUT2D eigenvalue weighted by atomic mass is 32.1. The SMILES string of the molecule is C[C@H](NC(=O)CNC(=O)CNC(=O)[C@H](CCCCN)NC(=O)C1CCC(NC(=S)Nc2ccc(-c3c4ccc(=O)cc-4oc4cc(O)ccc34)c(C(=O)O)c2)CC1)C(=O)N[C@@H](CCCCNC(=O)CCc1ccc(N=Nc2ccc(N(C)C)cc2)cc1)C(=O)N[C@@H](CCCNC(=N)N)C(=O)N[C@@H](Cc1c[nH]cn1)C(=O)N[C@@H](CCCNC(=N)N)C(=O)N[C@@H](CCCCN)C(N)=O. The summed E-state index contributed by atoms with van der Waals surface area (Å²) in [7, 11) is 3.88. The fourth-order valence-corrected chi connectivity index (χ4v) is 14.8. The lowest BCUT2D eigenvalue weighted by atomic mass is 9.85. The van der Waals surface area contributed by atoms with Crippen molar-refractivity contribution in [2.24, 2.45) is 44.8 Å². The van der Waals surface area contributed by atoms with E-state index in [1.807, 2.05) is 55.4 Å². The van der Waals surface area contributed by atoms with Gasteiger partial charge in [-0.05, 0) is 232 Å². The van der Waals surface area contributed by atoms with Crippen molar-refractivity contribution < 1.29 is 72.2 Å². The van der Waals surface area contributed by atoms with Gasteiger partial charge in [0.1, 0.15) is 59.4 Å². The number of aromatic nitrogens is 2. The Morgan fingerprint density at radius 3 is 1.69 bits per heavy atom. The van der Waals surface area contributed by atoms with Crippen LogP contribution in [0.5, 0.6) is 5.75 Å². The number of nitrogens with two attached hydrogens (primary N) is 5. The second-order valence-corrected chi connectivity index (χ2v) is 32.4. The van der Waals surface area contributed by atoms with Crippen molar-refractivity contribution in [1.82, 2.24) is 79.1 Å². The summed E-state index contributed by atoms with van der Waals surface area (Å²) in [5.74, 6) is -10.7. The number of benzene rings is 5. The number of thiocarbonyl (C=S) groups is 1. The van der Waals surface area contributed by atoms with E-state index in [-0.39, 0.29) is 147 Å². The molecule has 2 heterocycles. The van der Waals surface area contributed by atoms with Crippen LogP contribution in [-0.4, -0.2) is 216 Å². The van der Waals surface area contributed by atoms with Crippen LogP contribution in [0.2, 0.25) is 0 Å². The number of carboxylic acids is 1. The quantitative estimate of drug-likeness (QED) is 0.00648. The summed E-state index contributed by atoms with van der Waals surface area (Å²) in [5.41, 5.74) is 33.1. The van der Waals surface area contributed by atoms with Gasteiger partial charge in [0.2, 0.25) is 65.0 Å². The number of nitrogens with one attached hydrogen (secondary N) is 17. The summed E-state index contributed by atoms with van der Waals surface area (Å²) in [4.78, 5) is 187.